The molecule has 0 amide bonds. The minimum absolute atomic E-state index is 0.103. The highest BCUT2D eigenvalue weighted by molar-refractivity contribution is 5.97. The van der Waals surface area contributed by atoms with Crippen LogP contribution in [0.3, 0.4) is 0 Å². The van der Waals surface area contributed by atoms with Crippen molar-refractivity contribution >= 4 is 11.9 Å². The average Bonchev–Trinajstić information content (AvgIpc) is 2.43. The van der Waals surface area contributed by atoms with Crippen molar-refractivity contribution in [3.8, 4) is 0 Å². The molecule has 1 aliphatic rings. The lowest BCUT2D eigenvalue weighted by Gasteiger charge is -2.14. The Hall–Kier alpha value is -2.32. The van der Waals surface area contributed by atoms with Crippen molar-refractivity contribution in [2.24, 2.45) is 5.11 Å². The lowest BCUT2D eigenvalue weighted by Crippen LogP contribution is -2.10. The molecule has 4 heteroatoms. The summed E-state index contributed by atoms with van der Waals surface area (Å²) in [5.74, 6) is 0.103. The molecule has 1 aliphatic carbocycles. The number of rotatable bonds is 4. The van der Waals surface area contributed by atoms with Gasteiger partial charge in [-0.3, -0.25) is 4.79 Å². The van der Waals surface area contributed by atoms with Gasteiger partial charge in [-0.25, -0.2) is 0 Å². The molecule has 0 fully saturated rings. The molecule has 4 nitrogen and oxygen atoms in total. The van der Waals surface area contributed by atoms with Gasteiger partial charge in [0.2, 0.25) is 0 Å². The third-order valence-corrected chi connectivity index (χ3v) is 3.10. The molecule has 0 heterocycles. The lowest BCUT2D eigenvalue weighted by molar-refractivity contribution is -0.116. The highest BCUT2D eigenvalue weighted by atomic mass is 16.1. The summed E-state index contributed by atoms with van der Waals surface area (Å²) in [6.45, 7) is 0. The Balaban J connectivity index is 2.13. The number of hydrogen-bond acceptors (Lipinski definition) is 2. The van der Waals surface area contributed by atoms with E-state index in [2.05, 4.69) is 10.0 Å². The normalized spacial score (nSPS) is 15.7. The van der Waals surface area contributed by atoms with Gasteiger partial charge in [-0.05, 0) is 30.4 Å². The van der Waals surface area contributed by atoms with E-state index in [9.17, 15) is 4.79 Å². The molecule has 1 aromatic carbocycles. The van der Waals surface area contributed by atoms with Crippen LogP contribution in [-0.4, -0.2) is 5.78 Å². The largest absolute Gasteiger partial charge is 0.295 e. The zero-order valence-corrected chi connectivity index (χ0v) is 10.6. The molecule has 0 aromatic heterocycles. The van der Waals surface area contributed by atoms with Crippen LogP contribution in [0.4, 0.5) is 0 Å². The fourth-order valence-corrected chi connectivity index (χ4v) is 2.15. The van der Waals surface area contributed by atoms with Gasteiger partial charge in [0.25, 0.3) is 0 Å². The minimum atomic E-state index is 0.103. The molecule has 19 heavy (non-hydrogen) atoms. The summed E-state index contributed by atoms with van der Waals surface area (Å²) in [6, 6.07) is 9.90. The van der Waals surface area contributed by atoms with Crippen LogP contribution >= 0.6 is 0 Å². The molecule has 0 unspecified atom stereocenters. The van der Waals surface area contributed by atoms with E-state index in [4.69, 9.17) is 5.53 Å². The van der Waals surface area contributed by atoms with E-state index >= 15 is 0 Å². The third-order valence-electron chi connectivity index (χ3n) is 3.10. The van der Waals surface area contributed by atoms with Crippen LogP contribution in [0.15, 0.2) is 52.8 Å². The first kappa shape index (κ1) is 13.1. The molecule has 1 aromatic rings. The summed E-state index contributed by atoms with van der Waals surface area (Å²) in [5, 5.41) is 3.65. The first-order valence-electron chi connectivity index (χ1n) is 6.33. The van der Waals surface area contributed by atoms with Gasteiger partial charge in [0.05, 0.1) is 0 Å². The third kappa shape index (κ3) is 3.57. The maximum atomic E-state index is 11.8. The first-order valence-corrected chi connectivity index (χ1v) is 6.33. The smallest absolute Gasteiger partial charge is 0.159 e. The van der Waals surface area contributed by atoms with E-state index < -0.39 is 0 Å². The summed E-state index contributed by atoms with van der Waals surface area (Å²) in [4.78, 5) is 14.6. The monoisotopic (exact) mass is 253 g/mol. The first-order chi connectivity index (χ1) is 9.31. The van der Waals surface area contributed by atoms with Gasteiger partial charge in [0, 0.05) is 22.6 Å². The van der Waals surface area contributed by atoms with Crippen LogP contribution in [0.25, 0.3) is 16.5 Å². The standard InChI is InChI=1S/C15H15N3O/c16-18-17-14-10-5-11-15(19)13(14)9-4-8-12-6-2-1-3-7-12/h1-4,6-8H,5,9-11H2/b8-4+. The molecule has 96 valence electrons. The second-order valence-corrected chi connectivity index (χ2v) is 4.41. The minimum Gasteiger partial charge on any atom is -0.295 e. The van der Waals surface area contributed by atoms with Crippen molar-refractivity contribution in [1.82, 2.24) is 0 Å². The lowest BCUT2D eigenvalue weighted by atomic mass is 9.93. The van der Waals surface area contributed by atoms with Crippen LogP contribution in [-0.2, 0) is 4.79 Å². The molecule has 2 rings (SSSR count). The van der Waals surface area contributed by atoms with E-state index in [1.165, 1.54) is 0 Å². The number of allylic oxidation sites excluding steroid dienone is 3. The summed E-state index contributed by atoms with van der Waals surface area (Å²) < 4.78 is 0. The maximum absolute atomic E-state index is 11.8. The molecule has 0 saturated carbocycles. The van der Waals surface area contributed by atoms with Gasteiger partial charge < -0.3 is 0 Å². The van der Waals surface area contributed by atoms with Crippen molar-refractivity contribution in [2.75, 3.05) is 0 Å². The van der Waals surface area contributed by atoms with Crippen LogP contribution in [0.1, 0.15) is 31.2 Å². The predicted octanol–water partition coefficient (Wildman–Crippen LogP) is 4.41. The van der Waals surface area contributed by atoms with Gasteiger partial charge in [0.15, 0.2) is 5.78 Å². The number of carbonyl (C=O) groups excluding carboxylic acids is 1. The second-order valence-electron chi connectivity index (χ2n) is 4.41. The van der Waals surface area contributed by atoms with E-state index in [1.54, 1.807) is 0 Å². The Morgan fingerprint density at radius 3 is 2.79 bits per heavy atom. The molecule has 0 N–H and O–H groups in total. The Bertz CT molecular complexity index is 566. The number of hydrogen-bond donors (Lipinski definition) is 0. The number of azide groups is 1. The Morgan fingerprint density at radius 1 is 1.26 bits per heavy atom. The van der Waals surface area contributed by atoms with Crippen LogP contribution < -0.4 is 0 Å². The summed E-state index contributed by atoms with van der Waals surface area (Å²) in [7, 11) is 0. The molecular formula is C15H15N3O. The Kier molecular flexibility index (Phi) is 4.54. The quantitative estimate of drug-likeness (QED) is 0.445. The second kappa shape index (κ2) is 6.57. The Morgan fingerprint density at radius 2 is 2.05 bits per heavy atom. The molecule has 0 radical (unpaired) electrons. The van der Waals surface area contributed by atoms with E-state index in [0.717, 1.165) is 12.0 Å². The fourth-order valence-electron chi connectivity index (χ4n) is 2.15. The van der Waals surface area contributed by atoms with Crippen LogP contribution in [0, 0.1) is 0 Å². The molecule has 0 saturated heterocycles. The topological polar surface area (TPSA) is 65.8 Å². The van der Waals surface area contributed by atoms with E-state index in [1.807, 2.05) is 42.5 Å². The fraction of sp³-hybridized carbons (Fsp3) is 0.267. The molecule has 0 atom stereocenters. The van der Waals surface area contributed by atoms with Gasteiger partial charge >= 0.3 is 0 Å². The SMILES string of the molecule is [N-]=[N+]=NC1=C(C/C=C/c2ccccc2)C(=O)CCC1. The predicted molar refractivity (Wildman–Crippen MR) is 75.1 cm³/mol. The number of carbonyl (C=O) groups is 1. The van der Waals surface area contributed by atoms with Crippen LogP contribution in [0.2, 0.25) is 0 Å². The highest BCUT2D eigenvalue weighted by Gasteiger charge is 2.18. The maximum Gasteiger partial charge on any atom is 0.159 e. The van der Waals surface area contributed by atoms with Crippen molar-refractivity contribution in [1.29, 1.82) is 0 Å². The summed E-state index contributed by atoms with van der Waals surface area (Å²) in [5.41, 5.74) is 10.9. The highest BCUT2D eigenvalue weighted by Crippen LogP contribution is 2.26. The molecule has 0 bridgehead atoms. The number of benzene rings is 1. The zero-order chi connectivity index (χ0) is 13.5. The van der Waals surface area contributed by atoms with Crippen molar-refractivity contribution < 1.29 is 4.79 Å². The summed E-state index contributed by atoms with van der Waals surface area (Å²) >= 11 is 0. The van der Waals surface area contributed by atoms with Crippen LogP contribution in [0.5, 0.6) is 0 Å². The Labute approximate surface area is 112 Å². The number of ketones is 1. The van der Waals surface area contributed by atoms with Crippen molar-refractivity contribution in [2.45, 2.75) is 25.7 Å². The van der Waals surface area contributed by atoms with Gasteiger partial charge in [-0.1, -0.05) is 47.6 Å². The average molecular weight is 253 g/mol. The van der Waals surface area contributed by atoms with Gasteiger partial charge in [-0.2, -0.15) is 0 Å². The molecule has 0 spiro atoms. The van der Waals surface area contributed by atoms with E-state index in [0.29, 0.717) is 30.5 Å². The number of nitrogens with zero attached hydrogens (tertiary/aromatic N) is 3. The van der Waals surface area contributed by atoms with Gasteiger partial charge in [-0.15, -0.1) is 0 Å². The summed E-state index contributed by atoms with van der Waals surface area (Å²) in [6.07, 6.45) is 6.48. The molecular weight excluding hydrogens is 238 g/mol. The van der Waals surface area contributed by atoms with Crippen molar-refractivity contribution in [3.63, 3.8) is 0 Å². The van der Waals surface area contributed by atoms with E-state index in [-0.39, 0.29) is 5.78 Å². The zero-order valence-electron chi connectivity index (χ0n) is 10.6. The van der Waals surface area contributed by atoms with Gasteiger partial charge in [0.1, 0.15) is 0 Å². The van der Waals surface area contributed by atoms with Crippen molar-refractivity contribution in [3.05, 3.63) is 63.7 Å². The molecule has 0 aliphatic heterocycles. The number of Topliss-reactive ketones (excluding diaryl/α,β-unsaturated/α-hetero) is 1.